The standard InChI is InChI=1S/C16H27N3O3/c20-15(11-17-10-13-3-4-13)19-5-1-2-14(12-19)16(21)18-6-8-22-9-7-18/h13-14,17H,1-12H2. The summed E-state index contributed by atoms with van der Waals surface area (Å²) in [7, 11) is 0. The minimum atomic E-state index is -0.0285. The molecule has 0 spiro atoms. The molecule has 3 rings (SSSR count). The van der Waals surface area contributed by atoms with Crippen LogP contribution in [0.1, 0.15) is 25.7 Å². The molecule has 1 unspecified atom stereocenters. The molecular formula is C16H27N3O3. The first-order valence-corrected chi connectivity index (χ1v) is 8.59. The maximum Gasteiger partial charge on any atom is 0.236 e. The molecule has 3 fully saturated rings. The SMILES string of the molecule is O=C(CNCC1CC1)N1CCCC(C(=O)N2CCOCC2)C1. The number of piperidine rings is 1. The van der Waals surface area contributed by atoms with Crippen molar-refractivity contribution >= 4 is 11.8 Å². The third-order valence-corrected chi connectivity index (χ3v) is 4.85. The van der Waals surface area contributed by atoms with Gasteiger partial charge in [-0.15, -0.1) is 0 Å². The van der Waals surface area contributed by atoms with Crippen LogP contribution >= 0.6 is 0 Å². The molecule has 1 N–H and O–H groups in total. The number of hydrogen-bond donors (Lipinski definition) is 1. The Morgan fingerprint density at radius 3 is 2.55 bits per heavy atom. The molecule has 0 aromatic carbocycles. The Labute approximate surface area is 132 Å². The number of amides is 2. The van der Waals surface area contributed by atoms with Gasteiger partial charge in [0.05, 0.1) is 25.7 Å². The summed E-state index contributed by atoms with van der Waals surface area (Å²) in [5, 5.41) is 3.25. The number of likely N-dealkylation sites (tertiary alicyclic amines) is 1. The van der Waals surface area contributed by atoms with Gasteiger partial charge in [-0.3, -0.25) is 9.59 Å². The van der Waals surface area contributed by atoms with Crippen LogP contribution in [0.2, 0.25) is 0 Å². The molecule has 6 heteroatoms. The van der Waals surface area contributed by atoms with Gasteiger partial charge in [-0.05, 0) is 38.1 Å². The van der Waals surface area contributed by atoms with Crippen LogP contribution in [0.15, 0.2) is 0 Å². The molecular weight excluding hydrogens is 282 g/mol. The number of nitrogens with zero attached hydrogens (tertiary/aromatic N) is 2. The molecule has 0 radical (unpaired) electrons. The lowest BCUT2D eigenvalue weighted by Crippen LogP contribution is -2.50. The van der Waals surface area contributed by atoms with Gasteiger partial charge in [-0.25, -0.2) is 0 Å². The van der Waals surface area contributed by atoms with Crippen molar-refractivity contribution in [2.24, 2.45) is 11.8 Å². The van der Waals surface area contributed by atoms with Crippen molar-refractivity contribution in [1.29, 1.82) is 0 Å². The third-order valence-electron chi connectivity index (χ3n) is 4.85. The van der Waals surface area contributed by atoms with Gasteiger partial charge in [-0.1, -0.05) is 0 Å². The Hall–Kier alpha value is -1.14. The topological polar surface area (TPSA) is 61.9 Å². The van der Waals surface area contributed by atoms with E-state index in [1.165, 1.54) is 12.8 Å². The summed E-state index contributed by atoms with van der Waals surface area (Å²) in [6.45, 7) is 5.37. The van der Waals surface area contributed by atoms with E-state index in [2.05, 4.69) is 5.32 Å². The largest absolute Gasteiger partial charge is 0.378 e. The number of ether oxygens (including phenoxy) is 1. The van der Waals surface area contributed by atoms with E-state index in [1.54, 1.807) is 0 Å². The average Bonchev–Trinajstić information content (AvgIpc) is 3.39. The van der Waals surface area contributed by atoms with E-state index in [0.717, 1.165) is 31.8 Å². The van der Waals surface area contributed by atoms with E-state index in [1.807, 2.05) is 9.80 Å². The molecule has 2 aliphatic heterocycles. The lowest BCUT2D eigenvalue weighted by Gasteiger charge is -2.36. The van der Waals surface area contributed by atoms with Crippen molar-refractivity contribution in [3.8, 4) is 0 Å². The number of carbonyl (C=O) groups excluding carboxylic acids is 2. The van der Waals surface area contributed by atoms with E-state index in [0.29, 0.717) is 39.4 Å². The summed E-state index contributed by atoms with van der Waals surface area (Å²) >= 11 is 0. The predicted octanol–water partition coefficient (Wildman–Crippen LogP) is 0.0834. The smallest absolute Gasteiger partial charge is 0.236 e. The van der Waals surface area contributed by atoms with Gasteiger partial charge in [0.25, 0.3) is 0 Å². The van der Waals surface area contributed by atoms with Crippen LogP contribution in [-0.2, 0) is 14.3 Å². The molecule has 6 nitrogen and oxygen atoms in total. The van der Waals surface area contributed by atoms with E-state index in [-0.39, 0.29) is 17.7 Å². The highest BCUT2D eigenvalue weighted by Gasteiger charge is 2.31. The van der Waals surface area contributed by atoms with E-state index < -0.39 is 0 Å². The fourth-order valence-electron chi connectivity index (χ4n) is 3.26. The van der Waals surface area contributed by atoms with Gasteiger partial charge in [0, 0.05) is 26.2 Å². The van der Waals surface area contributed by atoms with Crippen LogP contribution in [-0.4, -0.2) is 74.1 Å². The summed E-state index contributed by atoms with van der Waals surface area (Å²) in [5.41, 5.74) is 0. The number of hydrogen-bond acceptors (Lipinski definition) is 4. The molecule has 2 heterocycles. The summed E-state index contributed by atoms with van der Waals surface area (Å²) in [6.07, 6.45) is 4.41. The summed E-state index contributed by atoms with van der Waals surface area (Å²) in [6, 6.07) is 0. The van der Waals surface area contributed by atoms with Crippen LogP contribution in [0.25, 0.3) is 0 Å². The highest BCUT2D eigenvalue weighted by molar-refractivity contribution is 5.82. The zero-order chi connectivity index (χ0) is 15.4. The Morgan fingerprint density at radius 1 is 1.05 bits per heavy atom. The fourth-order valence-corrected chi connectivity index (χ4v) is 3.26. The quantitative estimate of drug-likeness (QED) is 0.781. The molecule has 124 valence electrons. The second-order valence-electron chi connectivity index (χ2n) is 6.69. The minimum absolute atomic E-state index is 0.0285. The van der Waals surface area contributed by atoms with Crippen molar-refractivity contribution in [1.82, 2.24) is 15.1 Å². The predicted molar refractivity (Wildman–Crippen MR) is 82.3 cm³/mol. The first-order valence-electron chi connectivity index (χ1n) is 8.59. The van der Waals surface area contributed by atoms with Crippen LogP contribution in [0.4, 0.5) is 0 Å². The highest BCUT2D eigenvalue weighted by Crippen LogP contribution is 2.27. The molecule has 1 saturated carbocycles. The highest BCUT2D eigenvalue weighted by atomic mass is 16.5. The first-order chi connectivity index (χ1) is 10.7. The molecule has 0 aromatic heterocycles. The van der Waals surface area contributed by atoms with Gasteiger partial charge < -0.3 is 19.9 Å². The van der Waals surface area contributed by atoms with Gasteiger partial charge in [0.15, 0.2) is 0 Å². The molecule has 2 amide bonds. The molecule has 2 saturated heterocycles. The van der Waals surface area contributed by atoms with Crippen LogP contribution in [0.3, 0.4) is 0 Å². The van der Waals surface area contributed by atoms with Crippen LogP contribution in [0, 0.1) is 11.8 Å². The van der Waals surface area contributed by atoms with Crippen molar-refractivity contribution in [2.75, 3.05) is 52.5 Å². The van der Waals surface area contributed by atoms with E-state index >= 15 is 0 Å². The van der Waals surface area contributed by atoms with Gasteiger partial charge in [-0.2, -0.15) is 0 Å². The fraction of sp³-hybridized carbons (Fsp3) is 0.875. The molecule has 0 bridgehead atoms. The lowest BCUT2D eigenvalue weighted by atomic mass is 9.96. The Kier molecular flexibility index (Phi) is 5.31. The number of morpholine rings is 1. The minimum Gasteiger partial charge on any atom is -0.378 e. The Bertz CT molecular complexity index is 405. The van der Waals surface area contributed by atoms with Crippen LogP contribution in [0.5, 0.6) is 0 Å². The molecule has 3 aliphatic rings. The van der Waals surface area contributed by atoms with E-state index in [9.17, 15) is 9.59 Å². The van der Waals surface area contributed by atoms with Gasteiger partial charge in [0.1, 0.15) is 0 Å². The van der Waals surface area contributed by atoms with Gasteiger partial charge in [0.2, 0.25) is 11.8 Å². The van der Waals surface area contributed by atoms with Crippen LogP contribution < -0.4 is 5.32 Å². The normalized spacial score (nSPS) is 26.1. The first kappa shape index (κ1) is 15.7. The third kappa shape index (κ3) is 4.20. The summed E-state index contributed by atoms with van der Waals surface area (Å²) in [5.74, 6) is 1.09. The Morgan fingerprint density at radius 2 is 1.82 bits per heavy atom. The maximum atomic E-state index is 12.5. The van der Waals surface area contributed by atoms with Crippen molar-refractivity contribution in [2.45, 2.75) is 25.7 Å². The summed E-state index contributed by atoms with van der Waals surface area (Å²) in [4.78, 5) is 28.6. The van der Waals surface area contributed by atoms with Crippen molar-refractivity contribution in [3.05, 3.63) is 0 Å². The second kappa shape index (κ2) is 7.42. The maximum absolute atomic E-state index is 12.5. The lowest BCUT2D eigenvalue weighted by molar-refractivity contribution is -0.143. The molecule has 1 aliphatic carbocycles. The number of rotatable bonds is 5. The summed E-state index contributed by atoms with van der Waals surface area (Å²) < 4.78 is 5.30. The molecule has 1 atom stereocenters. The number of nitrogens with one attached hydrogen (secondary N) is 1. The Balaban J connectivity index is 1.45. The number of carbonyl (C=O) groups is 2. The molecule has 22 heavy (non-hydrogen) atoms. The molecule has 0 aromatic rings. The van der Waals surface area contributed by atoms with Crippen molar-refractivity contribution < 1.29 is 14.3 Å². The van der Waals surface area contributed by atoms with E-state index in [4.69, 9.17) is 4.74 Å². The zero-order valence-electron chi connectivity index (χ0n) is 13.3. The van der Waals surface area contributed by atoms with Gasteiger partial charge >= 0.3 is 0 Å². The average molecular weight is 309 g/mol. The zero-order valence-corrected chi connectivity index (χ0v) is 13.3. The monoisotopic (exact) mass is 309 g/mol. The second-order valence-corrected chi connectivity index (χ2v) is 6.69. The van der Waals surface area contributed by atoms with Crippen molar-refractivity contribution in [3.63, 3.8) is 0 Å².